The molecule has 0 N–H and O–H groups in total. The predicted octanol–water partition coefficient (Wildman–Crippen LogP) is 17.2. The summed E-state index contributed by atoms with van der Waals surface area (Å²) in [6, 6.07) is 37.8. The molecule has 0 aliphatic carbocycles. The van der Waals surface area contributed by atoms with Crippen LogP contribution in [-0.2, 0) is 0 Å². The van der Waals surface area contributed by atoms with E-state index in [0.29, 0.717) is 55.0 Å². The van der Waals surface area contributed by atoms with Gasteiger partial charge in [0.15, 0.2) is 0 Å². The molecule has 0 saturated carbocycles. The third kappa shape index (κ3) is 19.3. The molecule has 0 aliphatic rings. The van der Waals surface area contributed by atoms with E-state index in [4.69, 9.17) is 23.9 Å². The summed E-state index contributed by atoms with van der Waals surface area (Å²) >= 11 is 1.65. The standard InChI is InChI=1S/C71H73N3O4S/c1-5-9-13-17-45-75-66-50-64(67(76-46-18-14-10-6-2)49-62(66)37-29-55-21-23-59(53-72)24-22-55)39-31-57-27-35-61(36-28-57)71-74-54-70(79-71)60-33-25-56(26-34-60)30-38-63-51-69(78-48-20-16-12-8-4)65(40-32-58-41-43-73-44-42-58)52-68(63)77-47-19-15-11-7-3/h21-28,33-36,41-44,49-52,54H,5-20,45-48H2,1-4H3. The summed E-state index contributed by atoms with van der Waals surface area (Å²) in [5.74, 6) is 29.7. The van der Waals surface area contributed by atoms with Crippen LogP contribution in [-0.4, -0.2) is 36.4 Å². The molecule has 7 rings (SSSR count). The third-order valence-electron chi connectivity index (χ3n) is 13.1. The van der Waals surface area contributed by atoms with Crippen LogP contribution >= 0.6 is 11.3 Å². The molecule has 2 heterocycles. The Morgan fingerprint density at radius 2 is 0.709 bits per heavy atom. The summed E-state index contributed by atoms with van der Waals surface area (Å²) in [5, 5.41) is 10.2. The quantitative estimate of drug-likeness (QED) is 0.0394. The Morgan fingerprint density at radius 3 is 1.06 bits per heavy atom. The molecular formula is C71H73N3O4S. The zero-order valence-corrected chi connectivity index (χ0v) is 47.5. The van der Waals surface area contributed by atoms with Gasteiger partial charge in [-0.3, -0.25) is 4.98 Å². The molecule has 79 heavy (non-hydrogen) atoms. The van der Waals surface area contributed by atoms with Gasteiger partial charge in [0.2, 0.25) is 0 Å². The van der Waals surface area contributed by atoms with E-state index in [2.05, 4.69) is 123 Å². The molecule has 0 atom stereocenters. The fraction of sp³-hybridized carbons (Fsp3) is 0.338. The van der Waals surface area contributed by atoms with Crippen molar-refractivity contribution in [3.8, 4) is 97.4 Å². The summed E-state index contributed by atoms with van der Waals surface area (Å²) in [5.41, 5.74) is 9.22. The number of rotatable bonds is 26. The van der Waals surface area contributed by atoms with E-state index in [1.165, 1.54) is 32.1 Å². The minimum absolute atomic E-state index is 0.587. The van der Waals surface area contributed by atoms with Crippen molar-refractivity contribution in [1.82, 2.24) is 9.97 Å². The van der Waals surface area contributed by atoms with Crippen molar-refractivity contribution in [2.75, 3.05) is 26.4 Å². The van der Waals surface area contributed by atoms with Gasteiger partial charge in [-0.2, -0.15) is 5.26 Å². The first-order chi connectivity index (χ1) is 39.0. The number of hydrogen-bond acceptors (Lipinski definition) is 8. The molecule has 402 valence electrons. The van der Waals surface area contributed by atoms with Gasteiger partial charge in [0, 0.05) is 70.7 Å². The smallest absolute Gasteiger partial charge is 0.136 e. The van der Waals surface area contributed by atoms with Gasteiger partial charge in [-0.05, 0) is 91.9 Å². The SMILES string of the molecule is CCCCCCOc1cc(C#Cc2ccc(-c3cnc(-c4ccc(C#Cc5cc(OCCCCCC)c(C#Cc6ccc(C#N)cc6)cc5OCCCCCC)cc4)s3)cc2)c(OCCCCCC)cc1C#Cc1ccncc1. The van der Waals surface area contributed by atoms with Crippen LogP contribution in [0, 0.1) is 58.7 Å². The minimum atomic E-state index is 0.587. The Bertz CT molecular complexity index is 3310. The van der Waals surface area contributed by atoms with Gasteiger partial charge in [0.1, 0.15) is 28.0 Å². The van der Waals surface area contributed by atoms with Crippen LogP contribution in [0.15, 0.2) is 128 Å². The predicted molar refractivity (Wildman–Crippen MR) is 324 cm³/mol. The van der Waals surface area contributed by atoms with Crippen molar-refractivity contribution in [3.05, 3.63) is 178 Å². The van der Waals surface area contributed by atoms with E-state index < -0.39 is 0 Å². The summed E-state index contributed by atoms with van der Waals surface area (Å²) in [6.07, 6.45) is 23.1. The Labute approximate surface area is 475 Å². The summed E-state index contributed by atoms with van der Waals surface area (Å²) in [7, 11) is 0. The Balaban J connectivity index is 1.09. The highest BCUT2D eigenvalue weighted by atomic mass is 32.1. The van der Waals surface area contributed by atoms with Crippen LogP contribution in [0.2, 0.25) is 0 Å². The number of ether oxygens (including phenoxy) is 4. The number of pyridine rings is 1. The maximum atomic E-state index is 9.28. The average molecular weight is 1060 g/mol. The average Bonchev–Trinajstić information content (AvgIpc) is 4.01. The van der Waals surface area contributed by atoms with E-state index in [9.17, 15) is 5.26 Å². The first-order valence-electron chi connectivity index (χ1n) is 28.5. The van der Waals surface area contributed by atoms with E-state index in [1.54, 1.807) is 35.9 Å². The lowest BCUT2D eigenvalue weighted by atomic mass is 10.1. The minimum Gasteiger partial charge on any atom is -0.492 e. The van der Waals surface area contributed by atoms with Gasteiger partial charge in [0.25, 0.3) is 0 Å². The van der Waals surface area contributed by atoms with Gasteiger partial charge >= 0.3 is 0 Å². The van der Waals surface area contributed by atoms with Crippen molar-refractivity contribution >= 4 is 11.3 Å². The number of nitriles is 1. The molecule has 7 nitrogen and oxygen atoms in total. The number of unbranched alkanes of at least 4 members (excludes halogenated alkanes) is 12. The van der Waals surface area contributed by atoms with Crippen LogP contribution in [0.1, 0.15) is 180 Å². The summed E-state index contributed by atoms with van der Waals surface area (Å²) in [4.78, 5) is 10.0. The van der Waals surface area contributed by atoms with Crippen LogP contribution < -0.4 is 18.9 Å². The van der Waals surface area contributed by atoms with Gasteiger partial charge in [-0.25, -0.2) is 4.98 Å². The summed E-state index contributed by atoms with van der Waals surface area (Å²) in [6.45, 7) is 11.2. The largest absolute Gasteiger partial charge is 0.492 e. The molecule has 0 radical (unpaired) electrons. The molecule has 2 aromatic heterocycles. The number of benzene rings is 5. The second-order valence-corrected chi connectivity index (χ2v) is 20.5. The molecule has 8 heteroatoms. The molecule has 0 aliphatic heterocycles. The van der Waals surface area contributed by atoms with Gasteiger partial charge in [-0.1, -0.05) is 176 Å². The second kappa shape index (κ2) is 33.2. The van der Waals surface area contributed by atoms with Crippen molar-refractivity contribution in [3.63, 3.8) is 0 Å². The Morgan fingerprint density at radius 1 is 0.380 bits per heavy atom. The van der Waals surface area contributed by atoms with E-state index in [1.807, 2.05) is 66.9 Å². The van der Waals surface area contributed by atoms with Crippen LogP contribution in [0.4, 0.5) is 0 Å². The van der Waals surface area contributed by atoms with E-state index in [0.717, 1.165) is 136 Å². The lowest BCUT2D eigenvalue weighted by Crippen LogP contribution is -2.03. The highest BCUT2D eigenvalue weighted by molar-refractivity contribution is 7.18. The van der Waals surface area contributed by atoms with E-state index >= 15 is 0 Å². The molecule has 0 bridgehead atoms. The van der Waals surface area contributed by atoms with Crippen molar-refractivity contribution in [2.45, 2.75) is 130 Å². The van der Waals surface area contributed by atoms with Gasteiger partial charge in [0.05, 0.1) is 65.2 Å². The van der Waals surface area contributed by atoms with Crippen LogP contribution in [0.25, 0.3) is 21.0 Å². The lowest BCUT2D eigenvalue weighted by Gasteiger charge is -2.14. The lowest BCUT2D eigenvalue weighted by molar-refractivity contribution is 0.295. The Hall–Kier alpha value is -8.19. The molecule has 0 fully saturated rings. The van der Waals surface area contributed by atoms with Crippen LogP contribution in [0.5, 0.6) is 23.0 Å². The number of thiazole rings is 1. The second-order valence-electron chi connectivity index (χ2n) is 19.4. The molecule has 0 unspecified atom stereocenters. The molecule has 7 aromatic rings. The summed E-state index contributed by atoms with van der Waals surface area (Å²) < 4.78 is 25.7. The number of nitrogens with zero attached hydrogens (tertiary/aromatic N) is 3. The fourth-order valence-electron chi connectivity index (χ4n) is 8.41. The maximum Gasteiger partial charge on any atom is 0.136 e. The first-order valence-corrected chi connectivity index (χ1v) is 29.3. The van der Waals surface area contributed by atoms with Gasteiger partial charge < -0.3 is 18.9 Å². The highest BCUT2D eigenvalue weighted by Crippen LogP contribution is 2.34. The molecule has 0 amide bonds. The number of aromatic nitrogens is 2. The van der Waals surface area contributed by atoms with Crippen molar-refractivity contribution < 1.29 is 18.9 Å². The zero-order chi connectivity index (χ0) is 55.1. The normalized spacial score (nSPS) is 10.4. The fourth-order valence-corrected chi connectivity index (χ4v) is 9.34. The molecule has 5 aromatic carbocycles. The Kier molecular flexibility index (Phi) is 24.6. The topological polar surface area (TPSA) is 86.5 Å². The molecule has 0 saturated heterocycles. The first kappa shape index (κ1) is 58.5. The maximum absolute atomic E-state index is 9.28. The highest BCUT2D eigenvalue weighted by Gasteiger charge is 2.14. The van der Waals surface area contributed by atoms with Crippen molar-refractivity contribution in [1.29, 1.82) is 5.26 Å². The van der Waals surface area contributed by atoms with Crippen molar-refractivity contribution in [2.24, 2.45) is 0 Å². The van der Waals surface area contributed by atoms with Crippen LogP contribution in [0.3, 0.4) is 0 Å². The monoisotopic (exact) mass is 1060 g/mol. The molecule has 0 spiro atoms. The van der Waals surface area contributed by atoms with E-state index in [-0.39, 0.29) is 0 Å². The zero-order valence-electron chi connectivity index (χ0n) is 46.6. The van der Waals surface area contributed by atoms with Gasteiger partial charge in [-0.15, -0.1) is 11.3 Å². The molecular weight excluding hydrogens is 991 g/mol. The number of hydrogen-bond donors (Lipinski definition) is 0. The third-order valence-corrected chi connectivity index (χ3v) is 14.1.